The smallest absolute Gasteiger partial charge is 0.354 e. The van der Waals surface area contributed by atoms with Crippen molar-refractivity contribution in [2.45, 2.75) is 6.54 Å². The summed E-state index contributed by atoms with van der Waals surface area (Å²) in [4.78, 5) is 29.0. The number of benzene rings is 1. The summed E-state index contributed by atoms with van der Waals surface area (Å²) in [6.07, 6.45) is 1.17. The third-order valence-electron chi connectivity index (χ3n) is 2.96. The zero-order chi connectivity index (χ0) is 14.8. The van der Waals surface area contributed by atoms with E-state index in [2.05, 4.69) is 15.3 Å². The van der Waals surface area contributed by atoms with Crippen molar-refractivity contribution in [3.63, 3.8) is 0 Å². The number of hydrogen-bond donors (Lipinski definition) is 3. The molecule has 108 valence electrons. The predicted octanol–water partition coefficient (Wildman–Crippen LogP) is 0.767. The molecule has 1 aromatic heterocycles. The largest absolute Gasteiger partial charge is 0.477 e. The topological polar surface area (TPSA) is 114 Å². The third-order valence-corrected chi connectivity index (χ3v) is 2.96. The number of rotatable bonds is 4. The molecule has 0 atom stereocenters. The van der Waals surface area contributed by atoms with Crippen molar-refractivity contribution in [3.05, 3.63) is 41.5 Å². The zero-order valence-electron chi connectivity index (χ0n) is 10.8. The number of aromatic nitrogens is 2. The van der Waals surface area contributed by atoms with Crippen molar-refractivity contribution in [2.75, 3.05) is 6.79 Å². The number of fused-ring (bicyclic) bond motifs is 1. The van der Waals surface area contributed by atoms with Crippen LogP contribution in [0.3, 0.4) is 0 Å². The minimum atomic E-state index is -1.24. The van der Waals surface area contributed by atoms with E-state index < -0.39 is 11.9 Å². The third kappa shape index (κ3) is 2.50. The Morgan fingerprint density at radius 1 is 1.33 bits per heavy atom. The van der Waals surface area contributed by atoms with Crippen LogP contribution in [-0.4, -0.2) is 33.7 Å². The Hall–Kier alpha value is -3.03. The van der Waals surface area contributed by atoms with Crippen molar-refractivity contribution < 1.29 is 24.2 Å². The molecule has 0 saturated carbocycles. The van der Waals surface area contributed by atoms with Crippen molar-refractivity contribution in [1.29, 1.82) is 0 Å². The van der Waals surface area contributed by atoms with Gasteiger partial charge in [-0.1, -0.05) is 6.07 Å². The quantitative estimate of drug-likeness (QED) is 0.766. The fourth-order valence-corrected chi connectivity index (χ4v) is 1.95. The lowest BCUT2D eigenvalue weighted by Gasteiger charge is -2.05. The maximum atomic E-state index is 11.9. The van der Waals surface area contributed by atoms with E-state index >= 15 is 0 Å². The van der Waals surface area contributed by atoms with Gasteiger partial charge in [0.2, 0.25) is 6.79 Å². The van der Waals surface area contributed by atoms with E-state index in [1.807, 2.05) is 0 Å². The fourth-order valence-electron chi connectivity index (χ4n) is 1.95. The second kappa shape index (κ2) is 5.16. The Morgan fingerprint density at radius 3 is 2.95 bits per heavy atom. The monoisotopic (exact) mass is 289 g/mol. The molecule has 3 N–H and O–H groups in total. The van der Waals surface area contributed by atoms with Crippen LogP contribution in [0.5, 0.6) is 11.5 Å². The molecule has 0 unspecified atom stereocenters. The van der Waals surface area contributed by atoms with E-state index in [1.165, 1.54) is 6.33 Å². The van der Waals surface area contributed by atoms with Crippen molar-refractivity contribution >= 4 is 11.9 Å². The van der Waals surface area contributed by atoms with Crippen LogP contribution in [0, 0.1) is 0 Å². The van der Waals surface area contributed by atoms with E-state index in [0.29, 0.717) is 11.5 Å². The zero-order valence-corrected chi connectivity index (χ0v) is 10.8. The molecule has 8 nitrogen and oxygen atoms in total. The van der Waals surface area contributed by atoms with Gasteiger partial charge >= 0.3 is 5.97 Å². The SMILES string of the molecule is O=C(NCc1ccc2c(c1)OCO2)c1nc[nH]c1C(=O)O. The number of imidazole rings is 1. The Balaban J connectivity index is 1.68. The Morgan fingerprint density at radius 2 is 2.14 bits per heavy atom. The first-order valence-electron chi connectivity index (χ1n) is 6.08. The molecule has 21 heavy (non-hydrogen) atoms. The molecule has 2 aromatic rings. The van der Waals surface area contributed by atoms with Gasteiger partial charge in [-0.15, -0.1) is 0 Å². The number of hydrogen-bond acceptors (Lipinski definition) is 5. The molecule has 0 bridgehead atoms. The van der Waals surface area contributed by atoms with E-state index in [0.717, 1.165) is 5.56 Å². The molecular formula is C13H11N3O5. The molecule has 0 radical (unpaired) electrons. The number of aromatic carboxylic acids is 1. The highest BCUT2D eigenvalue weighted by atomic mass is 16.7. The molecule has 0 saturated heterocycles. The number of nitrogens with one attached hydrogen (secondary N) is 2. The average molecular weight is 289 g/mol. The first kappa shape index (κ1) is 13.0. The summed E-state index contributed by atoms with van der Waals surface area (Å²) in [5.74, 6) is -0.523. The van der Waals surface area contributed by atoms with Gasteiger partial charge in [0.1, 0.15) is 0 Å². The fraction of sp³-hybridized carbons (Fsp3) is 0.154. The van der Waals surface area contributed by atoms with Crippen LogP contribution in [-0.2, 0) is 6.54 Å². The maximum absolute atomic E-state index is 11.9. The van der Waals surface area contributed by atoms with Gasteiger partial charge in [0.15, 0.2) is 22.9 Å². The van der Waals surface area contributed by atoms with Crippen molar-refractivity contribution in [3.8, 4) is 11.5 Å². The van der Waals surface area contributed by atoms with E-state index in [1.54, 1.807) is 18.2 Å². The van der Waals surface area contributed by atoms with E-state index in [4.69, 9.17) is 14.6 Å². The van der Waals surface area contributed by atoms with Gasteiger partial charge in [-0.25, -0.2) is 9.78 Å². The summed E-state index contributed by atoms with van der Waals surface area (Å²) in [6, 6.07) is 5.29. The van der Waals surface area contributed by atoms with Crippen LogP contribution < -0.4 is 14.8 Å². The van der Waals surface area contributed by atoms with Crippen molar-refractivity contribution in [2.24, 2.45) is 0 Å². The highest BCUT2D eigenvalue weighted by Gasteiger charge is 2.19. The Bertz CT molecular complexity index is 710. The molecule has 1 amide bonds. The first-order valence-corrected chi connectivity index (χ1v) is 6.08. The lowest BCUT2D eigenvalue weighted by atomic mass is 10.2. The summed E-state index contributed by atoms with van der Waals surface area (Å²) in [5, 5.41) is 11.5. The number of H-pyrrole nitrogens is 1. The number of aromatic amines is 1. The summed E-state index contributed by atoms with van der Waals surface area (Å²) in [7, 11) is 0. The van der Waals surface area contributed by atoms with Crippen molar-refractivity contribution in [1.82, 2.24) is 15.3 Å². The Labute approximate surface area is 118 Å². The number of carbonyl (C=O) groups is 2. The van der Waals surface area contributed by atoms with Gasteiger partial charge in [-0.3, -0.25) is 4.79 Å². The number of carbonyl (C=O) groups excluding carboxylic acids is 1. The molecule has 1 aliphatic heterocycles. The summed E-state index contributed by atoms with van der Waals surface area (Å²) < 4.78 is 10.4. The van der Waals surface area contributed by atoms with Crippen LogP contribution in [0.4, 0.5) is 0 Å². The van der Waals surface area contributed by atoms with Gasteiger partial charge in [0.05, 0.1) is 6.33 Å². The van der Waals surface area contributed by atoms with Crippen LogP contribution in [0.15, 0.2) is 24.5 Å². The molecule has 3 rings (SSSR count). The molecule has 2 heterocycles. The number of amides is 1. The first-order chi connectivity index (χ1) is 10.1. The molecule has 1 aromatic carbocycles. The molecule has 8 heteroatoms. The normalized spacial score (nSPS) is 12.2. The van der Waals surface area contributed by atoms with Crippen LogP contribution in [0.25, 0.3) is 0 Å². The summed E-state index contributed by atoms with van der Waals surface area (Å²) >= 11 is 0. The van der Waals surface area contributed by atoms with Gasteiger partial charge in [0, 0.05) is 6.54 Å². The second-order valence-electron chi connectivity index (χ2n) is 4.30. The molecule has 1 aliphatic rings. The summed E-state index contributed by atoms with van der Waals surface area (Å²) in [6.45, 7) is 0.405. The number of carboxylic acid groups (broad SMARTS) is 1. The van der Waals surface area contributed by atoms with Gasteiger partial charge in [0.25, 0.3) is 5.91 Å². The standard InChI is InChI=1S/C13H11N3O5/c17-12(10-11(13(18)19)16-5-15-10)14-4-7-1-2-8-9(3-7)21-6-20-8/h1-3,5H,4,6H2,(H,14,17)(H,15,16)(H,18,19). The van der Waals surface area contributed by atoms with Crippen LogP contribution in [0.1, 0.15) is 26.5 Å². The minimum absolute atomic E-state index is 0.150. The highest BCUT2D eigenvalue weighted by Crippen LogP contribution is 2.32. The highest BCUT2D eigenvalue weighted by molar-refractivity contribution is 6.02. The van der Waals surface area contributed by atoms with Gasteiger partial charge in [-0.2, -0.15) is 0 Å². The maximum Gasteiger partial charge on any atom is 0.354 e. The average Bonchev–Trinajstić information content (AvgIpc) is 3.12. The molecular weight excluding hydrogens is 278 g/mol. The Kier molecular flexibility index (Phi) is 3.19. The molecule has 0 fully saturated rings. The predicted molar refractivity (Wildman–Crippen MR) is 69.3 cm³/mol. The lowest BCUT2D eigenvalue weighted by Crippen LogP contribution is -2.25. The lowest BCUT2D eigenvalue weighted by molar-refractivity contribution is 0.0685. The number of nitrogens with zero attached hydrogens (tertiary/aromatic N) is 1. The number of ether oxygens (including phenoxy) is 2. The molecule has 0 spiro atoms. The van der Waals surface area contributed by atoms with Gasteiger partial charge in [-0.05, 0) is 17.7 Å². The van der Waals surface area contributed by atoms with Crippen LogP contribution >= 0.6 is 0 Å². The van der Waals surface area contributed by atoms with E-state index in [9.17, 15) is 9.59 Å². The summed E-state index contributed by atoms with van der Waals surface area (Å²) in [5.41, 5.74) is 0.418. The molecule has 0 aliphatic carbocycles. The second-order valence-corrected chi connectivity index (χ2v) is 4.30. The van der Waals surface area contributed by atoms with Crippen LogP contribution in [0.2, 0.25) is 0 Å². The van der Waals surface area contributed by atoms with Gasteiger partial charge < -0.3 is 24.9 Å². The van der Waals surface area contributed by atoms with E-state index in [-0.39, 0.29) is 24.7 Å². The minimum Gasteiger partial charge on any atom is -0.477 e. The number of carboxylic acids is 1.